The van der Waals surface area contributed by atoms with E-state index in [0.29, 0.717) is 22.4 Å². The van der Waals surface area contributed by atoms with Gasteiger partial charge in [0.2, 0.25) is 5.88 Å². The fraction of sp³-hybridized carbons (Fsp3) is 0.353. The summed E-state index contributed by atoms with van der Waals surface area (Å²) in [5.41, 5.74) is 5.61. The number of carbonyl (C=O) groups is 2. The molecule has 3 unspecified atom stereocenters. The first kappa shape index (κ1) is 16.9. The van der Waals surface area contributed by atoms with Crippen molar-refractivity contribution >= 4 is 22.6 Å². The molecule has 0 spiro atoms. The van der Waals surface area contributed by atoms with E-state index < -0.39 is 29.9 Å². The molecule has 8 heteroatoms. The van der Waals surface area contributed by atoms with Crippen molar-refractivity contribution in [1.29, 1.82) is 0 Å². The minimum atomic E-state index is -1.53. The first-order valence-corrected chi connectivity index (χ1v) is 7.76. The number of hydrogen-bond donors (Lipinski definition) is 2. The van der Waals surface area contributed by atoms with Crippen LogP contribution in [0.2, 0.25) is 0 Å². The number of nitrogens with zero attached hydrogens (tertiary/aromatic N) is 1. The molecule has 2 heterocycles. The Hall–Kier alpha value is -2.90. The Morgan fingerprint density at radius 1 is 1.44 bits per heavy atom. The Bertz CT molecular complexity index is 842. The van der Waals surface area contributed by atoms with E-state index in [4.69, 9.17) is 15.2 Å². The van der Waals surface area contributed by atoms with E-state index >= 15 is 0 Å². The molecule has 2 aromatic rings. The first-order chi connectivity index (χ1) is 11.9. The Morgan fingerprint density at radius 3 is 2.80 bits per heavy atom. The molecule has 132 valence electrons. The van der Waals surface area contributed by atoms with Gasteiger partial charge in [0.25, 0.3) is 11.8 Å². The average Bonchev–Trinajstić information content (AvgIpc) is 2.85. The van der Waals surface area contributed by atoms with Crippen LogP contribution in [-0.2, 0) is 4.79 Å². The molecule has 0 aliphatic carbocycles. The summed E-state index contributed by atoms with van der Waals surface area (Å²) in [6.07, 6.45) is -0.00363. The van der Waals surface area contributed by atoms with Gasteiger partial charge in [-0.05, 0) is 23.6 Å². The molecule has 7 nitrogen and oxygen atoms in total. The summed E-state index contributed by atoms with van der Waals surface area (Å²) in [5, 5.41) is 3.89. The number of alkyl halides is 1. The maximum atomic E-state index is 13.6. The minimum Gasteiger partial charge on any atom is -0.496 e. The van der Waals surface area contributed by atoms with Gasteiger partial charge in [-0.2, -0.15) is 0 Å². The van der Waals surface area contributed by atoms with Crippen LogP contribution in [0, 0.1) is 5.92 Å². The lowest BCUT2D eigenvalue weighted by Gasteiger charge is -2.17. The molecule has 1 fully saturated rings. The predicted octanol–water partition coefficient (Wildman–Crippen LogP) is 1.19. The number of primary amides is 1. The number of carbonyl (C=O) groups excluding carboxylic acids is 2. The first-order valence-electron chi connectivity index (χ1n) is 7.76. The number of rotatable bonds is 5. The number of pyridine rings is 1. The molecular weight excluding hydrogens is 329 g/mol. The van der Waals surface area contributed by atoms with E-state index in [9.17, 15) is 14.0 Å². The van der Waals surface area contributed by atoms with Crippen LogP contribution >= 0.6 is 0 Å². The topological polar surface area (TPSA) is 104 Å². The second kappa shape index (κ2) is 6.54. The smallest absolute Gasteiger partial charge is 0.255 e. The minimum absolute atomic E-state index is 0.0827. The largest absolute Gasteiger partial charge is 0.496 e. The van der Waals surface area contributed by atoms with Crippen LogP contribution in [0.5, 0.6) is 11.6 Å². The van der Waals surface area contributed by atoms with Crippen molar-refractivity contribution in [3.63, 3.8) is 0 Å². The van der Waals surface area contributed by atoms with Gasteiger partial charge >= 0.3 is 0 Å². The van der Waals surface area contributed by atoms with Crippen LogP contribution in [0.15, 0.2) is 24.4 Å². The monoisotopic (exact) mass is 347 g/mol. The van der Waals surface area contributed by atoms with E-state index in [2.05, 4.69) is 10.3 Å². The van der Waals surface area contributed by atoms with E-state index in [0.717, 1.165) is 0 Å². The van der Waals surface area contributed by atoms with Crippen LogP contribution in [0.3, 0.4) is 0 Å². The van der Waals surface area contributed by atoms with Crippen molar-refractivity contribution in [3.8, 4) is 11.6 Å². The van der Waals surface area contributed by atoms with Crippen molar-refractivity contribution in [1.82, 2.24) is 10.3 Å². The average molecular weight is 347 g/mol. The Labute approximate surface area is 143 Å². The molecule has 1 aliphatic heterocycles. The summed E-state index contributed by atoms with van der Waals surface area (Å²) in [4.78, 5) is 27.1. The molecule has 1 saturated heterocycles. The lowest BCUT2D eigenvalue weighted by Crippen LogP contribution is -2.34. The third-order valence-electron chi connectivity index (χ3n) is 4.39. The zero-order valence-electron chi connectivity index (χ0n) is 13.8. The third-order valence-corrected chi connectivity index (χ3v) is 4.39. The van der Waals surface area contributed by atoms with Crippen LogP contribution in [0.25, 0.3) is 10.8 Å². The Morgan fingerprint density at radius 2 is 2.20 bits per heavy atom. The molecule has 3 rings (SSSR count). The molecule has 25 heavy (non-hydrogen) atoms. The van der Waals surface area contributed by atoms with Gasteiger partial charge < -0.3 is 20.5 Å². The molecule has 0 bridgehead atoms. The molecule has 2 amide bonds. The van der Waals surface area contributed by atoms with Crippen LogP contribution in [0.4, 0.5) is 4.39 Å². The number of fused-ring (bicyclic) bond motifs is 1. The molecule has 3 atom stereocenters. The third kappa shape index (κ3) is 3.07. The molecular formula is C17H18FN3O4. The van der Waals surface area contributed by atoms with Crippen LogP contribution in [-0.4, -0.2) is 42.7 Å². The maximum absolute atomic E-state index is 13.6. The second-order valence-corrected chi connectivity index (χ2v) is 5.94. The molecule has 0 saturated carbocycles. The van der Waals surface area contributed by atoms with Gasteiger partial charge in [-0.25, -0.2) is 9.37 Å². The molecule has 3 N–H and O–H groups in total. The van der Waals surface area contributed by atoms with Crippen molar-refractivity contribution in [2.45, 2.75) is 19.1 Å². The van der Waals surface area contributed by atoms with E-state index in [-0.39, 0.29) is 12.2 Å². The van der Waals surface area contributed by atoms with Crippen molar-refractivity contribution in [2.75, 3.05) is 13.7 Å². The van der Waals surface area contributed by atoms with Crippen LogP contribution < -0.4 is 20.5 Å². The Balaban J connectivity index is 1.89. The summed E-state index contributed by atoms with van der Waals surface area (Å²) in [5.74, 6) is -1.10. The highest BCUT2D eigenvalue weighted by Crippen LogP contribution is 2.31. The number of methoxy groups -OCH3 is 1. The maximum Gasteiger partial charge on any atom is 0.255 e. The lowest BCUT2D eigenvalue weighted by molar-refractivity contribution is -0.123. The lowest BCUT2D eigenvalue weighted by atomic mass is 10.0. The van der Waals surface area contributed by atoms with Crippen LogP contribution in [0.1, 0.15) is 17.3 Å². The normalized spacial score (nSPS) is 22.7. The summed E-state index contributed by atoms with van der Waals surface area (Å²) in [7, 11) is 1.43. The van der Waals surface area contributed by atoms with Gasteiger partial charge in [0, 0.05) is 17.5 Å². The predicted molar refractivity (Wildman–Crippen MR) is 88.3 cm³/mol. The second-order valence-electron chi connectivity index (χ2n) is 5.94. The van der Waals surface area contributed by atoms with Crippen molar-refractivity contribution < 1.29 is 23.5 Å². The van der Waals surface area contributed by atoms with Crippen molar-refractivity contribution in [3.05, 3.63) is 30.0 Å². The number of benzene rings is 1. The van der Waals surface area contributed by atoms with E-state index in [1.165, 1.54) is 13.3 Å². The summed E-state index contributed by atoms with van der Waals surface area (Å²) >= 11 is 0. The van der Waals surface area contributed by atoms with Gasteiger partial charge in [0.1, 0.15) is 12.4 Å². The molecule has 0 radical (unpaired) electrons. The summed E-state index contributed by atoms with van der Waals surface area (Å²) in [6.45, 7) is 1.73. The highest BCUT2D eigenvalue weighted by atomic mass is 19.1. The zero-order valence-corrected chi connectivity index (χ0v) is 13.8. The molecule has 1 aromatic heterocycles. The Kier molecular flexibility index (Phi) is 4.43. The molecule has 1 aliphatic rings. The van der Waals surface area contributed by atoms with Gasteiger partial charge in [-0.1, -0.05) is 6.92 Å². The van der Waals surface area contributed by atoms with E-state index in [1.807, 2.05) is 0 Å². The van der Waals surface area contributed by atoms with Gasteiger partial charge in [0.15, 0.2) is 6.17 Å². The standard InChI is InChI=1S/C17H18FN3O4/c1-8-12(21-16(23)14(8)18)7-25-17-10-6-13(24-2)11(15(19)22)5-9(10)3-4-20-17/h3-6,8,12,14H,7H2,1-2H3,(H2,19,22)(H,21,23). The number of nitrogens with two attached hydrogens (primary N) is 1. The summed E-state index contributed by atoms with van der Waals surface area (Å²) < 4.78 is 24.5. The van der Waals surface area contributed by atoms with Gasteiger partial charge in [-0.3, -0.25) is 9.59 Å². The number of nitrogens with one attached hydrogen (secondary N) is 1. The number of hydrogen-bond acceptors (Lipinski definition) is 5. The quantitative estimate of drug-likeness (QED) is 0.846. The SMILES string of the molecule is COc1cc2c(OCC3NC(=O)C(F)C3C)nccc2cc1C(N)=O. The highest BCUT2D eigenvalue weighted by molar-refractivity contribution is 6.01. The number of ether oxygens (including phenoxy) is 2. The van der Waals surface area contributed by atoms with Gasteiger partial charge in [-0.15, -0.1) is 0 Å². The fourth-order valence-corrected chi connectivity index (χ4v) is 2.85. The van der Waals surface area contributed by atoms with Gasteiger partial charge in [0.05, 0.1) is 18.7 Å². The zero-order chi connectivity index (χ0) is 18.1. The fourth-order valence-electron chi connectivity index (χ4n) is 2.85. The number of halogens is 1. The number of aromatic nitrogens is 1. The molecule has 1 aromatic carbocycles. The highest BCUT2D eigenvalue weighted by Gasteiger charge is 2.39. The van der Waals surface area contributed by atoms with Crippen molar-refractivity contribution in [2.24, 2.45) is 11.7 Å². The van der Waals surface area contributed by atoms with E-state index in [1.54, 1.807) is 25.1 Å². The summed E-state index contributed by atoms with van der Waals surface area (Å²) in [6, 6.07) is 4.49. The number of amides is 2.